The molecule has 0 saturated carbocycles. The molecule has 0 aliphatic carbocycles. The SMILES string of the molecule is [C-]#[N+]c1cnc2ccc(-c3cn(COCC[Si](C)(C)C)nc3-c3ccc(F)c(C)c3)cn12. The normalized spacial score (nSPS) is 11.8. The fourth-order valence-electron chi connectivity index (χ4n) is 3.45. The lowest BCUT2D eigenvalue weighted by molar-refractivity contribution is 0.0788. The molecule has 164 valence electrons. The molecule has 0 radical (unpaired) electrons. The molecule has 0 aliphatic heterocycles. The van der Waals surface area contributed by atoms with Crippen molar-refractivity contribution in [2.24, 2.45) is 0 Å². The molecule has 0 atom stereocenters. The van der Waals surface area contributed by atoms with Crippen molar-refractivity contribution in [2.45, 2.75) is 39.3 Å². The van der Waals surface area contributed by atoms with Gasteiger partial charge in [-0.2, -0.15) is 5.10 Å². The molecule has 0 fully saturated rings. The van der Waals surface area contributed by atoms with Crippen LogP contribution in [0.2, 0.25) is 25.7 Å². The van der Waals surface area contributed by atoms with Crippen LogP contribution in [0.1, 0.15) is 5.56 Å². The van der Waals surface area contributed by atoms with Gasteiger partial charge in [0.25, 0.3) is 5.82 Å². The lowest BCUT2D eigenvalue weighted by Crippen LogP contribution is -2.22. The lowest BCUT2D eigenvalue weighted by atomic mass is 10.0. The number of halogens is 1. The van der Waals surface area contributed by atoms with Gasteiger partial charge in [-0.15, -0.1) is 0 Å². The summed E-state index contributed by atoms with van der Waals surface area (Å²) in [5.41, 5.74) is 4.62. The molecule has 4 aromatic rings. The number of ether oxygens (including phenoxy) is 1. The van der Waals surface area contributed by atoms with E-state index >= 15 is 0 Å². The van der Waals surface area contributed by atoms with Gasteiger partial charge in [0.15, 0.2) is 0 Å². The highest BCUT2D eigenvalue weighted by Gasteiger charge is 2.17. The summed E-state index contributed by atoms with van der Waals surface area (Å²) in [6, 6.07) is 9.94. The van der Waals surface area contributed by atoms with Crippen LogP contribution in [-0.4, -0.2) is 33.8 Å². The van der Waals surface area contributed by atoms with E-state index < -0.39 is 8.07 Å². The third-order valence-electron chi connectivity index (χ3n) is 5.32. The Bertz CT molecular complexity index is 1310. The van der Waals surface area contributed by atoms with Crippen LogP contribution in [-0.2, 0) is 11.5 Å². The maximum Gasteiger partial charge on any atom is 0.254 e. The number of pyridine rings is 1. The fraction of sp³-hybridized carbons (Fsp3) is 0.292. The summed E-state index contributed by atoms with van der Waals surface area (Å²) in [6.07, 6.45) is 5.40. The van der Waals surface area contributed by atoms with Gasteiger partial charge in [-0.3, -0.25) is 0 Å². The molecule has 0 unspecified atom stereocenters. The minimum Gasteiger partial charge on any atom is -0.362 e. The molecule has 0 saturated heterocycles. The first-order valence-corrected chi connectivity index (χ1v) is 14.2. The highest BCUT2D eigenvalue weighted by Crippen LogP contribution is 2.33. The van der Waals surface area contributed by atoms with E-state index in [0.29, 0.717) is 30.4 Å². The zero-order valence-electron chi connectivity index (χ0n) is 18.8. The number of hydrogen-bond acceptors (Lipinski definition) is 3. The van der Waals surface area contributed by atoms with E-state index in [1.54, 1.807) is 34.3 Å². The number of aromatic nitrogens is 4. The Morgan fingerprint density at radius 2 is 1.91 bits per heavy atom. The van der Waals surface area contributed by atoms with Gasteiger partial charge in [0.1, 0.15) is 18.2 Å². The second kappa shape index (κ2) is 8.69. The molecule has 0 bridgehead atoms. The van der Waals surface area contributed by atoms with Gasteiger partial charge < -0.3 is 9.58 Å². The largest absolute Gasteiger partial charge is 0.362 e. The average Bonchev–Trinajstić information content (AvgIpc) is 3.36. The van der Waals surface area contributed by atoms with E-state index in [4.69, 9.17) is 16.4 Å². The van der Waals surface area contributed by atoms with E-state index in [9.17, 15) is 4.39 Å². The lowest BCUT2D eigenvalue weighted by Gasteiger charge is -2.15. The van der Waals surface area contributed by atoms with Crippen molar-refractivity contribution < 1.29 is 9.13 Å². The summed E-state index contributed by atoms with van der Waals surface area (Å²) < 4.78 is 23.3. The first kappa shape index (κ1) is 21.9. The highest BCUT2D eigenvalue weighted by atomic mass is 28.3. The summed E-state index contributed by atoms with van der Waals surface area (Å²) in [6.45, 7) is 17.1. The predicted octanol–water partition coefficient (Wildman–Crippen LogP) is 6.18. The van der Waals surface area contributed by atoms with Gasteiger partial charge in [-0.25, -0.2) is 18.5 Å². The molecule has 3 aromatic heterocycles. The first-order valence-electron chi connectivity index (χ1n) is 10.5. The molecule has 0 amide bonds. The standard InChI is InChI=1S/C24H26FN5OSi/c1-17-12-18(6-8-21(17)25)24-20(15-29(28-24)16-31-10-11-32(3,4)5)19-7-9-22-27-13-23(26-2)30(22)14-19/h6-9,12-15H,10-11,16H2,1,3-5H3. The number of hydrogen-bond donors (Lipinski definition) is 0. The van der Waals surface area contributed by atoms with Gasteiger partial charge in [-0.05, 0) is 42.8 Å². The van der Waals surface area contributed by atoms with Gasteiger partial charge in [0.2, 0.25) is 5.65 Å². The molecule has 6 nitrogen and oxygen atoms in total. The molecule has 0 spiro atoms. The van der Waals surface area contributed by atoms with Gasteiger partial charge in [0, 0.05) is 43.6 Å². The molecular formula is C24H26FN5OSi. The van der Waals surface area contributed by atoms with Crippen LogP contribution in [0.3, 0.4) is 0 Å². The molecule has 0 aliphatic rings. The van der Waals surface area contributed by atoms with Crippen LogP contribution in [0.25, 0.3) is 32.9 Å². The van der Waals surface area contributed by atoms with E-state index in [2.05, 4.69) is 29.5 Å². The van der Waals surface area contributed by atoms with Gasteiger partial charge in [-0.1, -0.05) is 26.2 Å². The number of rotatable bonds is 7. The van der Waals surface area contributed by atoms with Crippen LogP contribution >= 0.6 is 0 Å². The van der Waals surface area contributed by atoms with Crippen molar-refractivity contribution in [2.75, 3.05) is 6.61 Å². The van der Waals surface area contributed by atoms with Crippen molar-refractivity contribution in [3.05, 3.63) is 71.7 Å². The number of nitrogens with zero attached hydrogens (tertiary/aromatic N) is 5. The van der Waals surface area contributed by atoms with Crippen LogP contribution in [0.5, 0.6) is 0 Å². The van der Waals surface area contributed by atoms with Crippen molar-refractivity contribution in [3.8, 4) is 22.4 Å². The molecule has 32 heavy (non-hydrogen) atoms. The van der Waals surface area contributed by atoms with E-state index in [-0.39, 0.29) is 5.82 Å². The predicted molar refractivity (Wildman–Crippen MR) is 127 cm³/mol. The summed E-state index contributed by atoms with van der Waals surface area (Å²) >= 11 is 0. The summed E-state index contributed by atoms with van der Waals surface area (Å²) in [7, 11) is -1.17. The Balaban J connectivity index is 1.73. The topological polar surface area (TPSA) is 48.7 Å². The number of fused-ring (bicyclic) bond motifs is 1. The number of benzene rings is 1. The number of imidazole rings is 1. The van der Waals surface area contributed by atoms with Crippen molar-refractivity contribution in [3.63, 3.8) is 0 Å². The third kappa shape index (κ3) is 4.64. The molecule has 4 rings (SSSR count). The third-order valence-corrected chi connectivity index (χ3v) is 7.03. The van der Waals surface area contributed by atoms with Crippen molar-refractivity contribution in [1.29, 1.82) is 0 Å². The molecular weight excluding hydrogens is 421 g/mol. The molecule has 1 aromatic carbocycles. The van der Waals surface area contributed by atoms with E-state index in [1.165, 1.54) is 6.07 Å². The van der Waals surface area contributed by atoms with Crippen LogP contribution in [0, 0.1) is 19.3 Å². The Hall–Kier alpha value is -3.28. The molecule has 3 heterocycles. The van der Waals surface area contributed by atoms with E-state index in [0.717, 1.165) is 28.4 Å². The van der Waals surface area contributed by atoms with Crippen LogP contribution in [0.4, 0.5) is 10.2 Å². The van der Waals surface area contributed by atoms with Gasteiger partial charge >= 0.3 is 0 Å². The maximum atomic E-state index is 13.9. The first-order chi connectivity index (χ1) is 15.2. The second-order valence-electron chi connectivity index (χ2n) is 9.12. The minimum atomic E-state index is -1.17. The average molecular weight is 448 g/mol. The van der Waals surface area contributed by atoms with Crippen LogP contribution < -0.4 is 0 Å². The zero-order chi connectivity index (χ0) is 22.9. The quantitative estimate of drug-likeness (QED) is 0.193. The number of aryl methyl sites for hydroxylation is 1. The smallest absolute Gasteiger partial charge is 0.254 e. The monoisotopic (exact) mass is 447 g/mol. The Labute approximate surface area is 188 Å². The van der Waals surface area contributed by atoms with Gasteiger partial charge in [0.05, 0.1) is 12.4 Å². The maximum absolute atomic E-state index is 13.9. The highest BCUT2D eigenvalue weighted by molar-refractivity contribution is 6.76. The molecule has 0 N–H and O–H groups in total. The molecule has 8 heteroatoms. The summed E-state index contributed by atoms with van der Waals surface area (Å²) in [4.78, 5) is 7.81. The Morgan fingerprint density at radius 1 is 1.12 bits per heavy atom. The summed E-state index contributed by atoms with van der Waals surface area (Å²) in [5.74, 6) is 0.203. The zero-order valence-corrected chi connectivity index (χ0v) is 19.8. The Kier molecular flexibility index (Phi) is 5.95. The Morgan fingerprint density at radius 3 is 2.62 bits per heavy atom. The van der Waals surface area contributed by atoms with Crippen molar-refractivity contribution >= 4 is 19.5 Å². The van der Waals surface area contributed by atoms with E-state index in [1.807, 2.05) is 24.5 Å². The fourth-order valence-corrected chi connectivity index (χ4v) is 4.21. The summed E-state index contributed by atoms with van der Waals surface area (Å²) in [5, 5.41) is 4.77. The minimum absolute atomic E-state index is 0.244. The van der Waals surface area contributed by atoms with Crippen LogP contribution in [0.15, 0.2) is 48.9 Å². The second-order valence-corrected chi connectivity index (χ2v) is 14.7. The van der Waals surface area contributed by atoms with Crippen molar-refractivity contribution in [1.82, 2.24) is 19.2 Å².